The third kappa shape index (κ3) is 3.53. The van der Waals surface area contributed by atoms with E-state index in [1.807, 2.05) is 0 Å². The average molecular weight is 429 g/mol. The predicted octanol–water partition coefficient (Wildman–Crippen LogP) is 2.91. The van der Waals surface area contributed by atoms with E-state index in [-0.39, 0.29) is 15.6 Å². The van der Waals surface area contributed by atoms with Crippen LogP contribution in [-0.2, 0) is 10.0 Å². The van der Waals surface area contributed by atoms with Crippen LogP contribution in [0.25, 0.3) is 21.2 Å². The molecule has 0 atom stereocenters. The summed E-state index contributed by atoms with van der Waals surface area (Å²) in [6.07, 6.45) is 0. The van der Waals surface area contributed by atoms with Gasteiger partial charge in [-0.1, -0.05) is 29.5 Å². The van der Waals surface area contributed by atoms with E-state index in [9.17, 15) is 18.0 Å². The highest BCUT2D eigenvalue weighted by atomic mass is 32.2. The van der Waals surface area contributed by atoms with E-state index in [0.717, 1.165) is 15.6 Å². The Morgan fingerprint density at radius 3 is 2.66 bits per heavy atom. The monoisotopic (exact) mass is 429 g/mol. The Morgan fingerprint density at radius 2 is 1.90 bits per heavy atom. The summed E-state index contributed by atoms with van der Waals surface area (Å²) < 4.78 is 31.5. The summed E-state index contributed by atoms with van der Waals surface area (Å²) in [5.74, 6) is -0.648. The predicted molar refractivity (Wildman–Crippen MR) is 111 cm³/mol. The Balaban J connectivity index is 1.67. The number of benzene rings is 2. The maximum Gasteiger partial charge on any atom is 0.349 e. The quantitative estimate of drug-likeness (QED) is 0.500. The highest BCUT2D eigenvalue weighted by molar-refractivity contribution is 7.89. The van der Waals surface area contributed by atoms with E-state index in [1.165, 1.54) is 32.3 Å². The summed E-state index contributed by atoms with van der Waals surface area (Å²) in [6.45, 7) is 0. The number of carbonyl (C=O) groups excluding carboxylic acids is 1. The van der Waals surface area contributed by atoms with Crippen molar-refractivity contribution in [1.82, 2.24) is 9.29 Å². The lowest BCUT2D eigenvalue weighted by Crippen LogP contribution is -2.22. The molecule has 0 saturated carbocycles. The van der Waals surface area contributed by atoms with Crippen molar-refractivity contribution in [2.24, 2.45) is 0 Å². The number of amides is 1. The molecular formula is C19H15N3O5S2. The molecule has 0 radical (unpaired) electrons. The summed E-state index contributed by atoms with van der Waals surface area (Å²) in [4.78, 5) is 29.1. The molecular weight excluding hydrogens is 414 g/mol. The van der Waals surface area contributed by atoms with Crippen molar-refractivity contribution in [3.63, 3.8) is 0 Å². The van der Waals surface area contributed by atoms with Gasteiger partial charge in [-0.3, -0.25) is 10.1 Å². The first kappa shape index (κ1) is 19.2. The number of nitrogens with one attached hydrogen (secondary N) is 1. The van der Waals surface area contributed by atoms with Crippen molar-refractivity contribution >= 4 is 53.6 Å². The van der Waals surface area contributed by atoms with Crippen LogP contribution in [0.3, 0.4) is 0 Å². The van der Waals surface area contributed by atoms with Crippen molar-refractivity contribution in [3.05, 3.63) is 64.5 Å². The summed E-state index contributed by atoms with van der Waals surface area (Å²) in [7, 11) is -0.678. The van der Waals surface area contributed by atoms with Gasteiger partial charge in [0, 0.05) is 19.5 Å². The molecule has 2 heterocycles. The summed E-state index contributed by atoms with van der Waals surface area (Å²) >= 11 is 1.11. The molecule has 0 aliphatic heterocycles. The Labute approximate surface area is 169 Å². The number of anilines is 1. The molecule has 0 spiro atoms. The second-order valence-corrected chi connectivity index (χ2v) is 9.56. The number of nitrogens with zero attached hydrogens (tertiary/aromatic N) is 2. The molecule has 148 valence electrons. The third-order valence-corrected chi connectivity index (χ3v) is 6.99. The molecule has 0 aliphatic rings. The molecule has 0 bridgehead atoms. The van der Waals surface area contributed by atoms with Gasteiger partial charge in [0.05, 0.1) is 15.1 Å². The molecule has 1 N–H and O–H groups in total. The molecule has 2 aromatic heterocycles. The fraction of sp³-hybridized carbons (Fsp3) is 0.105. The third-order valence-electron chi connectivity index (χ3n) is 4.24. The van der Waals surface area contributed by atoms with E-state index in [1.54, 1.807) is 30.3 Å². The van der Waals surface area contributed by atoms with Crippen LogP contribution in [0.1, 0.15) is 10.4 Å². The molecule has 0 saturated heterocycles. The van der Waals surface area contributed by atoms with Gasteiger partial charge in [-0.2, -0.15) is 0 Å². The number of hydrogen-bond acceptors (Lipinski definition) is 7. The van der Waals surface area contributed by atoms with Gasteiger partial charge in [0.2, 0.25) is 10.0 Å². The summed E-state index contributed by atoms with van der Waals surface area (Å²) in [6, 6.07) is 12.9. The number of carbonyl (C=O) groups is 1. The van der Waals surface area contributed by atoms with Crippen molar-refractivity contribution in [2.75, 3.05) is 19.4 Å². The van der Waals surface area contributed by atoms with Crippen LogP contribution in [0.15, 0.2) is 62.6 Å². The smallest absolute Gasteiger partial charge is 0.349 e. The summed E-state index contributed by atoms with van der Waals surface area (Å²) in [5, 5.41) is 3.46. The SMILES string of the molecule is CN(C)S(=O)(=O)c1ccc2nc(NC(=O)c3cc4ccccc4oc3=O)sc2c1. The van der Waals surface area contributed by atoms with Gasteiger partial charge < -0.3 is 4.42 Å². The van der Waals surface area contributed by atoms with Gasteiger partial charge in [0.25, 0.3) is 5.91 Å². The molecule has 0 aliphatic carbocycles. The minimum Gasteiger partial charge on any atom is -0.422 e. The lowest BCUT2D eigenvalue weighted by atomic mass is 10.2. The minimum atomic E-state index is -3.58. The molecule has 2 aromatic carbocycles. The zero-order valence-electron chi connectivity index (χ0n) is 15.4. The Hall–Kier alpha value is -3.08. The van der Waals surface area contributed by atoms with Crippen LogP contribution in [0.2, 0.25) is 0 Å². The zero-order chi connectivity index (χ0) is 20.8. The lowest BCUT2D eigenvalue weighted by molar-refractivity contribution is 0.102. The first-order chi connectivity index (χ1) is 13.8. The van der Waals surface area contributed by atoms with E-state index >= 15 is 0 Å². The van der Waals surface area contributed by atoms with Crippen LogP contribution < -0.4 is 10.9 Å². The number of fused-ring (bicyclic) bond motifs is 2. The number of thiazole rings is 1. The normalized spacial score (nSPS) is 12.0. The largest absolute Gasteiger partial charge is 0.422 e. The molecule has 10 heteroatoms. The van der Waals surface area contributed by atoms with Crippen LogP contribution in [-0.4, -0.2) is 37.7 Å². The molecule has 4 rings (SSSR count). The summed E-state index contributed by atoms with van der Waals surface area (Å²) in [5.41, 5.74) is 0.0396. The number of aromatic nitrogens is 1. The van der Waals surface area contributed by atoms with Gasteiger partial charge in [0.15, 0.2) is 5.13 Å². The molecule has 0 unspecified atom stereocenters. The average Bonchev–Trinajstić information content (AvgIpc) is 3.08. The van der Waals surface area contributed by atoms with Crippen molar-refractivity contribution in [1.29, 1.82) is 0 Å². The number of rotatable bonds is 4. The molecule has 4 aromatic rings. The standard InChI is InChI=1S/C19H15N3O5S2/c1-22(2)29(25,26)12-7-8-14-16(10-12)28-19(20-14)21-17(23)13-9-11-5-3-4-6-15(11)27-18(13)24/h3-10H,1-2H3,(H,20,21,23). The van der Waals surface area contributed by atoms with Crippen molar-refractivity contribution in [3.8, 4) is 0 Å². The molecule has 8 nitrogen and oxygen atoms in total. The Bertz CT molecular complexity index is 1420. The van der Waals surface area contributed by atoms with Crippen molar-refractivity contribution < 1.29 is 17.6 Å². The highest BCUT2D eigenvalue weighted by Gasteiger charge is 2.19. The van der Waals surface area contributed by atoms with Gasteiger partial charge in [0.1, 0.15) is 11.1 Å². The fourth-order valence-corrected chi connectivity index (χ4v) is 4.62. The van der Waals surface area contributed by atoms with Crippen LogP contribution in [0.5, 0.6) is 0 Å². The van der Waals surface area contributed by atoms with E-state index < -0.39 is 21.6 Å². The van der Waals surface area contributed by atoms with Gasteiger partial charge in [-0.05, 0) is 30.3 Å². The van der Waals surface area contributed by atoms with Crippen LogP contribution in [0, 0.1) is 0 Å². The maximum atomic E-state index is 12.6. The van der Waals surface area contributed by atoms with E-state index in [2.05, 4.69) is 10.3 Å². The zero-order valence-corrected chi connectivity index (χ0v) is 17.0. The highest BCUT2D eigenvalue weighted by Crippen LogP contribution is 2.29. The van der Waals surface area contributed by atoms with Crippen LogP contribution in [0.4, 0.5) is 5.13 Å². The Morgan fingerprint density at radius 1 is 1.14 bits per heavy atom. The second kappa shape index (κ2) is 7.07. The van der Waals surface area contributed by atoms with Crippen molar-refractivity contribution in [2.45, 2.75) is 4.90 Å². The molecule has 1 amide bonds. The molecule has 0 fully saturated rings. The number of sulfonamides is 1. The fourth-order valence-electron chi connectivity index (χ4n) is 2.71. The van der Waals surface area contributed by atoms with Crippen LogP contribution >= 0.6 is 11.3 Å². The van der Waals surface area contributed by atoms with Gasteiger partial charge in [-0.25, -0.2) is 22.5 Å². The Kier molecular flexibility index (Phi) is 4.69. The van der Waals surface area contributed by atoms with E-state index in [4.69, 9.17) is 4.42 Å². The lowest BCUT2D eigenvalue weighted by Gasteiger charge is -2.10. The first-order valence-electron chi connectivity index (χ1n) is 8.43. The number of hydrogen-bond donors (Lipinski definition) is 1. The number of para-hydroxylation sites is 1. The molecule has 29 heavy (non-hydrogen) atoms. The first-order valence-corrected chi connectivity index (χ1v) is 10.7. The van der Waals surface area contributed by atoms with Gasteiger partial charge >= 0.3 is 5.63 Å². The topological polar surface area (TPSA) is 110 Å². The maximum absolute atomic E-state index is 12.6. The minimum absolute atomic E-state index is 0.131. The second-order valence-electron chi connectivity index (χ2n) is 6.38. The van der Waals surface area contributed by atoms with E-state index in [0.29, 0.717) is 21.2 Å². The van der Waals surface area contributed by atoms with Gasteiger partial charge in [-0.15, -0.1) is 0 Å².